The van der Waals surface area contributed by atoms with Crippen LogP contribution in [0.2, 0.25) is 0 Å². The molecule has 4 saturated carbocycles. The number of pyridine rings is 2. The van der Waals surface area contributed by atoms with E-state index in [0.29, 0.717) is 65.1 Å². The van der Waals surface area contributed by atoms with Crippen molar-refractivity contribution >= 4 is 28.7 Å². The highest BCUT2D eigenvalue weighted by Crippen LogP contribution is 2.70. The van der Waals surface area contributed by atoms with Crippen molar-refractivity contribution in [3.05, 3.63) is 52.0 Å². The topological polar surface area (TPSA) is 173 Å². The Morgan fingerprint density at radius 1 is 1.10 bits per heavy atom. The van der Waals surface area contributed by atoms with Crippen LogP contribution >= 0.6 is 0 Å². The first-order valence-electron chi connectivity index (χ1n) is 17.9. The fourth-order valence-electron chi connectivity index (χ4n) is 9.28. The Kier molecular flexibility index (Phi) is 7.79. The first-order chi connectivity index (χ1) is 24.5. The van der Waals surface area contributed by atoms with Crippen LogP contribution in [0.25, 0.3) is 16.9 Å². The van der Waals surface area contributed by atoms with Crippen molar-refractivity contribution in [3.8, 4) is 17.3 Å². The zero-order valence-electron chi connectivity index (χ0n) is 29.7. The van der Waals surface area contributed by atoms with Gasteiger partial charge in [0.1, 0.15) is 18.6 Å². The van der Waals surface area contributed by atoms with Gasteiger partial charge in [0.15, 0.2) is 22.6 Å². The van der Waals surface area contributed by atoms with E-state index in [4.69, 9.17) is 14.9 Å². The standard InChI is InChI=1S/C36H44N10O5/c1-6-23-30(43-12-13-44(25-9-7-8-24(25)43)34(50)29-31(48)21(4)38-19-39-29)32(49)28-33(42-46(41-28)22-10-11-37-27(14-22)51-5)45(23)15-26(47)40-36-16-35(17-36,18-36)20(2)3/h10-11,14,19-20,24-25,48H,6-9,12-13,15-18H2,1-5H3,(H,40,47)/t24-,25+,35?,36?/m0/s1. The number of nitrogens with zero attached hydrogens (tertiary/aromatic N) is 9. The quantitative estimate of drug-likeness (QED) is 0.264. The Balaban J connectivity index is 1.19. The summed E-state index contributed by atoms with van der Waals surface area (Å²) in [5.41, 5.74) is 2.48. The smallest absolute Gasteiger partial charge is 0.276 e. The van der Waals surface area contributed by atoms with E-state index in [1.807, 2.05) is 11.5 Å². The fraction of sp³-hybridized carbons (Fsp3) is 0.556. The zero-order valence-corrected chi connectivity index (χ0v) is 29.7. The molecule has 51 heavy (non-hydrogen) atoms. The minimum atomic E-state index is -0.349. The molecule has 2 N–H and O–H groups in total. The zero-order chi connectivity index (χ0) is 35.8. The maximum atomic E-state index is 14.7. The number of aryl methyl sites for hydroxylation is 1. The van der Waals surface area contributed by atoms with Crippen LogP contribution in [0.1, 0.15) is 81.2 Å². The average molecular weight is 697 g/mol. The number of hydrogen-bond donors (Lipinski definition) is 2. The van der Waals surface area contributed by atoms with E-state index in [1.165, 1.54) is 18.2 Å². The summed E-state index contributed by atoms with van der Waals surface area (Å²) in [6, 6.07) is 3.06. The molecule has 1 aliphatic heterocycles. The Morgan fingerprint density at radius 3 is 2.59 bits per heavy atom. The Morgan fingerprint density at radius 2 is 1.86 bits per heavy atom. The van der Waals surface area contributed by atoms with E-state index in [2.05, 4.69) is 39.0 Å². The van der Waals surface area contributed by atoms with E-state index < -0.39 is 0 Å². The van der Waals surface area contributed by atoms with Crippen LogP contribution in [-0.2, 0) is 17.8 Å². The highest BCUT2D eigenvalue weighted by Gasteiger charge is 2.69. The van der Waals surface area contributed by atoms with Crippen LogP contribution in [-0.4, -0.2) is 94.2 Å². The molecule has 4 aromatic rings. The largest absolute Gasteiger partial charge is 0.504 e. The van der Waals surface area contributed by atoms with Crippen molar-refractivity contribution in [1.82, 2.24) is 44.7 Å². The number of aromatic hydroxyl groups is 1. The van der Waals surface area contributed by atoms with Crippen molar-refractivity contribution < 1.29 is 19.4 Å². The third-order valence-corrected chi connectivity index (χ3v) is 12.0. The normalized spacial score (nSPS) is 25.1. The summed E-state index contributed by atoms with van der Waals surface area (Å²) in [5, 5.41) is 23.5. The molecule has 4 aromatic heterocycles. The fourth-order valence-corrected chi connectivity index (χ4v) is 9.28. The van der Waals surface area contributed by atoms with Gasteiger partial charge in [0.25, 0.3) is 5.91 Å². The van der Waals surface area contributed by atoms with Crippen molar-refractivity contribution in [2.45, 2.75) is 96.8 Å². The summed E-state index contributed by atoms with van der Waals surface area (Å²) >= 11 is 0. The molecule has 0 aromatic carbocycles. The van der Waals surface area contributed by atoms with Crippen LogP contribution in [0.3, 0.4) is 0 Å². The molecule has 5 fully saturated rings. The molecule has 268 valence electrons. The second kappa shape index (κ2) is 12.0. The SMILES string of the molecule is CCc1c(N2CCN(C(=O)c3ncnc(C)c3O)[C@@H]3CCC[C@@H]32)c(=O)c2nn(-c3ccnc(OC)c3)nc2n1CC(=O)NC12CC(C(C)C)(C1)C2. The third kappa shape index (κ3) is 5.14. The number of amides is 2. The second-order valence-electron chi connectivity index (χ2n) is 15.1. The minimum absolute atomic E-state index is 0.0133. The lowest BCUT2D eigenvalue weighted by atomic mass is 9.36. The Hall–Kier alpha value is -5.08. The number of fused-ring (bicyclic) bond motifs is 2. The Labute approximate surface area is 295 Å². The highest BCUT2D eigenvalue weighted by molar-refractivity contribution is 5.95. The lowest BCUT2D eigenvalue weighted by molar-refractivity contribution is -0.187. The molecule has 0 spiro atoms. The van der Waals surface area contributed by atoms with E-state index in [9.17, 15) is 19.5 Å². The number of rotatable bonds is 9. The lowest BCUT2D eigenvalue weighted by Crippen LogP contribution is -2.76. The van der Waals surface area contributed by atoms with Gasteiger partial charge in [-0.3, -0.25) is 14.4 Å². The van der Waals surface area contributed by atoms with Crippen LogP contribution in [0.15, 0.2) is 29.5 Å². The molecule has 9 rings (SSSR count). The van der Waals surface area contributed by atoms with Gasteiger partial charge in [-0.15, -0.1) is 15.0 Å². The molecule has 2 bridgehead atoms. The molecular formula is C36H44N10O5. The monoisotopic (exact) mass is 696 g/mol. The summed E-state index contributed by atoms with van der Waals surface area (Å²) in [6.45, 7) is 8.82. The van der Waals surface area contributed by atoms with Crippen LogP contribution in [0.5, 0.6) is 11.6 Å². The molecule has 1 saturated heterocycles. The predicted molar refractivity (Wildman–Crippen MR) is 187 cm³/mol. The maximum absolute atomic E-state index is 14.7. The van der Waals surface area contributed by atoms with Crippen LogP contribution in [0, 0.1) is 18.3 Å². The Bertz CT molecular complexity index is 2110. The minimum Gasteiger partial charge on any atom is -0.504 e. The summed E-state index contributed by atoms with van der Waals surface area (Å²) in [5.74, 6) is 0.274. The highest BCUT2D eigenvalue weighted by atomic mass is 16.5. The number of carbonyl (C=O) groups is 2. The van der Waals surface area contributed by atoms with E-state index in [1.54, 1.807) is 30.2 Å². The van der Waals surface area contributed by atoms with Crippen LogP contribution < -0.4 is 20.4 Å². The number of methoxy groups -OCH3 is 1. The van der Waals surface area contributed by atoms with Gasteiger partial charge < -0.3 is 29.5 Å². The van der Waals surface area contributed by atoms with Crippen molar-refractivity contribution in [3.63, 3.8) is 0 Å². The number of nitrogens with one attached hydrogen (secondary N) is 1. The van der Waals surface area contributed by atoms with Crippen LogP contribution in [0.4, 0.5) is 5.69 Å². The molecule has 2 amide bonds. The molecule has 15 heteroatoms. The molecule has 0 radical (unpaired) electrons. The molecule has 0 unspecified atom stereocenters. The summed E-state index contributed by atoms with van der Waals surface area (Å²) in [6.07, 6.45) is 8.71. The van der Waals surface area contributed by atoms with E-state index >= 15 is 0 Å². The first-order valence-corrected chi connectivity index (χ1v) is 17.9. The second-order valence-corrected chi connectivity index (χ2v) is 15.1. The van der Waals surface area contributed by atoms with E-state index in [-0.39, 0.29) is 58.4 Å². The maximum Gasteiger partial charge on any atom is 0.276 e. The molecule has 15 nitrogen and oxygen atoms in total. The van der Waals surface area contributed by atoms with Gasteiger partial charge in [-0.25, -0.2) is 15.0 Å². The van der Waals surface area contributed by atoms with Gasteiger partial charge >= 0.3 is 0 Å². The summed E-state index contributed by atoms with van der Waals surface area (Å²) < 4.78 is 7.18. The van der Waals surface area contributed by atoms with Crippen molar-refractivity contribution in [2.24, 2.45) is 11.3 Å². The molecule has 5 aliphatic rings. The number of ether oxygens (including phenoxy) is 1. The number of aromatic nitrogens is 7. The molecule has 2 atom stereocenters. The number of anilines is 1. The van der Waals surface area contributed by atoms with Gasteiger partial charge in [0, 0.05) is 42.6 Å². The van der Waals surface area contributed by atoms with Gasteiger partial charge in [0.05, 0.1) is 24.5 Å². The number of hydrogen-bond acceptors (Lipinski definition) is 11. The van der Waals surface area contributed by atoms with Gasteiger partial charge in [-0.05, 0) is 69.3 Å². The lowest BCUT2D eigenvalue weighted by Gasteiger charge is -2.72. The van der Waals surface area contributed by atoms with Crippen molar-refractivity contribution in [1.29, 1.82) is 0 Å². The van der Waals surface area contributed by atoms with Crippen molar-refractivity contribution in [2.75, 3.05) is 25.1 Å². The molecule has 5 heterocycles. The summed E-state index contributed by atoms with van der Waals surface area (Å²) in [7, 11) is 1.52. The number of piperazine rings is 1. The molecule has 4 aliphatic carbocycles. The third-order valence-electron chi connectivity index (χ3n) is 12.0. The van der Waals surface area contributed by atoms with E-state index in [0.717, 1.165) is 38.5 Å². The number of carbonyl (C=O) groups excluding carboxylic acids is 2. The van der Waals surface area contributed by atoms with Gasteiger partial charge in [-0.2, -0.15) is 0 Å². The first kappa shape index (κ1) is 33.1. The van der Waals surface area contributed by atoms with Gasteiger partial charge in [-0.1, -0.05) is 20.8 Å². The predicted octanol–water partition coefficient (Wildman–Crippen LogP) is 2.93. The average Bonchev–Trinajstić information content (AvgIpc) is 3.76. The van der Waals surface area contributed by atoms with Gasteiger partial charge in [0.2, 0.25) is 17.2 Å². The molecular weight excluding hydrogens is 652 g/mol. The summed E-state index contributed by atoms with van der Waals surface area (Å²) in [4.78, 5) is 60.0.